The summed E-state index contributed by atoms with van der Waals surface area (Å²) in [5.41, 5.74) is 0.844. The van der Waals surface area contributed by atoms with Crippen LogP contribution in [0, 0.1) is 0 Å². The Morgan fingerprint density at radius 2 is 1.83 bits per heavy atom. The van der Waals surface area contributed by atoms with Gasteiger partial charge in [-0.2, -0.15) is 0 Å². The van der Waals surface area contributed by atoms with Crippen LogP contribution in [0.25, 0.3) is 0 Å². The molecule has 2 aliphatic heterocycles. The Morgan fingerprint density at radius 1 is 1.17 bits per heavy atom. The van der Waals surface area contributed by atoms with Crippen LogP contribution >= 0.6 is 0 Å². The zero-order chi connectivity index (χ0) is 16.6. The van der Waals surface area contributed by atoms with Crippen LogP contribution in [0.4, 0.5) is 4.79 Å². The first-order chi connectivity index (χ1) is 10.8. The summed E-state index contributed by atoms with van der Waals surface area (Å²) in [4.78, 5) is 16.4. The van der Waals surface area contributed by atoms with E-state index < -0.39 is 5.60 Å². The van der Waals surface area contributed by atoms with Crippen molar-refractivity contribution < 1.29 is 14.6 Å². The first-order valence-corrected chi connectivity index (χ1v) is 8.33. The molecule has 2 fully saturated rings. The van der Waals surface area contributed by atoms with Gasteiger partial charge in [-0.1, -0.05) is 12.1 Å². The summed E-state index contributed by atoms with van der Waals surface area (Å²) in [5.74, 6) is 0.847. The molecule has 0 aliphatic carbocycles. The van der Waals surface area contributed by atoms with Crippen molar-refractivity contribution in [2.45, 2.75) is 44.8 Å². The van der Waals surface area contributed by atoms with Crippen molar-refractivity contribution in [2.75, 3.05) is 26.2 Å². The molecule has 1 N–H and O–H groups in total. The molecule has 126 valence electrons. The maximum Gasteiger partial charge on any atom is 0.410 e. The lowest BCUT2D eigenvalue weighted by molar-refractivity contribution is 0.0261. The van der Waals surface area contributed by atoms with Crippen LogP contribution in [-0.4, -0.2) is 58.8 Å². The van der Waals surface area contributed by atoms with Crippen molar-refractivity contribution in [3.05, 3.63) is 29.8 Å². The average molecular weight is 318 g/mol. The molecule has 1 amide bonds. The number of hydrogen-bond acceptors (Lipinski definition) is 4. The molecule has 0 spiro atoms. The quantitative estimate of drug-likeness (QED) is 0.911. The van der Waals surface area contributed by atoms with Crippen molar-refractivity contribution in [1.82, 2.24) is 9.80 Å². The third-order valence-corrected chi connectivity index (χ3v) is 4.61. The van der Waals surface area contributed by atoms with E-state index in [0.29, 0.717) is 17.7 Å². The summed E-state index contributed by atoms with van der Waals surface area (Å²) in [6.45, 7) is 9.29. The average Bonchev–Trinajstić information content (AvgIpc) is 2.87. The standard InChI is InChI=1S/C18H26N2O3/c1-18(2,3)23-17(22)19-9-8-15(12-19)20-10-14(11-20)13-4-6-16(21)7-5-13/h4-7,14-15,21H,8-12H2,1-3H3/t15-/m0/s1. The van der Waals surface area contributed by atoms with E-state index >= 15 is 0 Å². The van der Waals surface area contributed by atoms with Crippen molar-refractivity contribution in [2.24, 2.45) is 0 Å². The summed E-state index contributed by atoms with van der Waals surface area (Å²) in [6, 6.07) is 7.93. The van der Waals surface area contributed by atoms with Crippen LogP contribution in [-0.2, 0) is 4.74 Å². The third-order valence-electron chi connectivity index (χ3n) is 4.61. The Kier molecular flexibility index (Phi) is 4.23. The molecule has 1 aromatic rings. The molecule has 2 aliphatic rings. The predicted octanol–water partition coefficient (Wildman–Crippen LogP) is 2.80. The molecule has 3 rings (SSSR count). The van der Waals surface area contributed by atoms with Gasteiger partial charge >= 0.3 is 6.09 Å². The van der Waals surface area contributed by atoms with E-state index in [9.17, 15) is 9.90 Å². The fourth-order valence-electron chi connectivity index (χ4n) is 3.30. The Labute approximate surface area is 137 Å². The number of nitrogens with zero attached hydrogens (tertiary/aromatic N) is 2. The second-order valence-corrected chi connectivity index (χ2v) is 7.61. The lowest BCUT2D eigenvalue weighted by Gasteiger charge is -2.43. The maximum atomic E-state index is 12.1. The second-order valence-electron chi connectivity index (χ2n) is 7.61. The van der Waals surface area contributed by atoms with Gasteiger partial charge in [0.25, 0.3) is 0 Å². The minimum atomic E-state index is -0.435. The molecule has 0 saturated carbocycles. The van der Waals surface area contributed by atoms with Crippen LogP contribution in [0.5, 0.6) is 5.75 Å². The van der Waals surface area contributed by atoms with Gasteiger partial charge < -0.3 is 14.7 Å². The van der Waals surface area contributed by atoms with Gasteiger partial charge in [-0.3, -0.25) is 4.90 Å². The number of hydrogen-bond donors (Lipinski definition) is 1. The number of ether oxygens (including phenoxy) is 1. The maximum absolute atomic E-state index is 12.1. The fourth-order valence-corrected chi connectivity index (χ4v) is 3.30. The molecule has 1 atom stereocenters. The molecule has 2 heterocycles. The van der Waals surface area contributed by atoms with Crippen LogP contribution in [0.3, 0.4) is 0 Å². The zero-order valence-electron chi connectivity index (χ0n) is 14.2. The number of benzene rings is 1. The summed E-state index contributed by atoms with van der Waals surface area (Å²) in [7, 11) is 0. The lowest BCUT2D eigenvalue weighted by Crippen LogP contribution is -2.51. The van der Waals surface area contributed by atoms with E-state index in [0.717, 1.165) is 32.6 Å². The number of phenolic OH excluding ortho intramolecular Hbond substituents is 1. The zero-order valence-corrected chi connectivity index (χ0v) is 14.2. The van der Waals surface area contributed by atoms with Crippen LogP contribution in [0.15, 0.2) is 24.3 Å². The molecule has 0 unspecified atom stereocenters. The normalized spacial score (nSPS) is 22.9. The number of aromatic hydroxyl groups is 1. The number of rotatable bonds is 2. The van der Waals surface area contributed by atoms with E-state index in [2.05, 4.69) is 4.90 Å². The molecule has 0 bridgehead atoms. The molecule has 23 heavy (non-hydrogen) atoms. The van der Waals surface area contributed by atoms with Gasteiger partial charge in [0.1, 0.15) is 11.4 Å². The highest BCUT2D eigenvalue weighted by Crippen LogP contribution is 2.32. The van der Waals surface area contributed by atoms with Crippen LogP contribution < -0.4 is 0 Å². The highest BCUT2D eigenvalue weighted by Gasteiger charge is 2.38. The summed E-state index contributed by atoms with van der Waals surface area (Å²) in [5, 5.41) is 9.36. The molecule has 0 aromatic heterocycles. The Hall–Kier alpha value is -1.75. The highest BCUT2D eigenvalue weighted by molar-refractivity contribution is 5.68. The SMILES string of the molecule is CC(C)(C)OC(=O)N1CC[C@H](N2CC(c3ccc(O)cc3)C2)C1. The van der Waals surface area contributed by atoms with Crippen molar-refractivity contribution in [3.8, 4) is 5.75 Å². The van der Waals surface area contributed by atoms with Gasteiger partial charge in [0.05, 0.1) is 0 Å². The molecular weight excluding hydrogens is 292 g/mol. The minimum Gasteiger partial charge on any atom is -0.508 e. The van der Waals surface area contributed by atoms with E-state index in [1.807, 2.05) is 37.8 Å². The summed E-state index contributed by atoms with van der Waals surface area (Å²) >= 11 is 0. The van der Waals surface area contributed by atoms with Gasteiger partial charge in [0, 0.05) is 38.1 Å². The van der Waals surface area contributed by atoms with E-state index in [1.165, 1.54) is 5.56 Å². The topological polar surface area (TPSA) is 53.0 Å². The van der Waals surface area contributed by atoms with Gasteiger partial charge in [-0.15, -0.1) is 0 Å². The predicted molar refractivity (Wildman–Crippen MR) is 88.6 cm³/mol. The summed E-state index contributed by atoms with van der Waals surface area (Å²) in [6.07, 6.45) is 0.817. The van der Waals surface area contributed by atoms with E-state index in [-0.39, 0.29) is 6.09 Å². The molecular formula is C18H26N2O3. The fraction of sp³-hybridized carbons (Fsp3) is 0.611. The molecule has 2 saturated heterocycles. The Morgan fingerprint density at radius 3 is 2.43 bits per heavy atom. The third kappa shape index (κ3) is 3.78. The first-order valence-electron chi connectivity index (χ1n) is 8.33. The van der Waals surface area contributed by atoms with E-state index in [4.69, 9.17) is 4.74 Å². The number of phenols is 1. The number of carbonyl (C=O) groups excluding carboxylic acids is 1. The van der Waals surface area contributed by atoms with Gasteiger partial charge in [-0.05, 0) is 44.9 Å². The van der Waals surface area contributed by atoms with Crippen LogP contribution in [0.2, 0.25) is 0 Å². The smallest absolute Gasteiger partial charge is 0.410 e. The molecule has 5 heteroatoms. The minimum absolute atomic E-state index is 0.199. The number of carbonyl (C=O) groups is 1. The van der Waals surface area contributed by atoms with Crippen molar-refractivity contribution >= 4 is 6.09 Å². The Balaban J connectivity index is 1.48. The number of likely N-dealkylation sites (tertiary alicyclic amines) is 2. The van der Waals surface area contributed by atoms with Gasteiger partial charge in [-0.25, -0.2) is 4.79 Å². The van der Waals surface area contributed by atoms with Gasteiger partial charge in [0.15, 0.2) is 0 Å². The van der Waals surface area contributed by atoms with Gasteiger partial charge in [0.2, 0.25) is 0 Å². The molecule has 0 radical (unpaired) electrons. The van der Waals surface area contributed by atoms with Crippen LogP contribution in [0.1, 0.15) is 38.7 Å². The van der Waals surface area contributed by atoms with Crippen molar-refractivity contribution in [1.29, 1.82) is 0 Å². The monoisotopic (exact) mass is 318 g/mol. The molecule has 5 nitrogen and oxygen atoms in total. The van der Waals surface area contributed by atoms with Crippen molar-refractivity contribution in [3.63, 3.8) is 0 Å². The summed E-state index contributed by atoms with van der Waals surface area (Å²) < 4.78 is 5.45. The largest absolute Gasteiger partial charge is 0.508 e. The highest BCUT2D eigenvalue weighted by atomic mass is 16.6. The molecule has 1 aromatic carbocycles. The Bertz CT molecular complexity index is 559. The first kappa shape index (κ1) is 16.1. The lowest BCUT2D eigenvalue weighted by atomic mass is 9.90. The van der Waals surface area contributed by atoms with E-state index in [1.54, 1.807) is 12.1 Å². The number of amides is 1. The second kappa shape index (κ2) is 6.04.